The Morgan fingerprint density at radius 1 is 1.40 bits per heavy atom. The van der Waals surface area contributed by atoms with E-state index in [4.69, 9.17) is 5.73 Å². The van der Waals surface area contributed by atoms with Crippen molar-refractivity contribution in [3.8, 4) is 0 Å². The Balaban J connectivity index is 2.42. The molecular formula is C11H11N3O. The maximum atomic E-state index is 11.5. The molecular weight excluding hydrogens is 190 g/mol. The van der Waals surface area contributed by atoms with Crippen LogP contribution in [-0.2, 0) is 0 Å². The highest BCUT2D eigenvalue weighted by molar-refractivity contribution is 5.98. The molecule has 76 valence electrons. The van der Waals surface area contributed by atoms with Crippen LogP contribution in [0.3, 0.4) is 0 Å². The number of aromatic nitrogens is 2. The molecule has 2 aromatic heterocycles. The number of carbonyl (C=O) groups is 1. The van der Waals surface area contributed by atoms with Crippen LogP contribution in [0.5, 0.6) is 0 Å². The summed E-state index contributed by atoms with van der Waals surface area (Å²) in [5, 5.41) is 0.875. The molecule has 0 aliphatic heterocycles. The number of rotatable bonds is 3. The van der Waals surface area contributed by atoms with E-state index in [0.717, 1.165) is 10.9 Å². The minimum Gasteiger partial charge on any atom is -0.330 e. The Labute approximate surface area is 87.1 Å². The van der Waals surface area contributed by atoms with Gasteiger partial charge in [-0.05, 0) is 18.7 Å². The van der Waals surface area contributed by atoms with Gasteiger partial charge in [-0.15, -0.1) is 0 Å². The second-order valence-electron chi connectivity index (χ2n) is 3.25. The van der Waals surface area contributed by atoms with E-state index in [-0.39, 0.29) is 5.78 Å². The zero-order chi connectivity index (χ0) is 10.7. The minimum atomic E-state index is 0.0238. The molecule has 0 aromatic carbocycles. The fourth-order valence-electron chi connectivity index (χ4n) is 1.40. The van der Waals surface area contributed by atoms with Crippen LogP contribution in [0.15, 0.2) is 30.7 Å². The summed E-state index contributed by atoms with van der Waals surface area (Å²) in [7, 11) is 0. The lowest BCUT2D eigenvalue weighted by molar-refractivity contribution is 0.0985. The fourth-order valence-corrected chi connectivity index (χ4v) is 1.40. The third kappa shape index (κ3) is 1.99. The normalized spacial score (nSPS) is 10.5. The summed E-state index contributed by atoms with van der Waals surface area (Å²) >= 11 is 0. The lowest BCUT2D eigenvalue weighted by Gasteiger charge is -2.00. The van der Waals surface area contributed by atoms with Crippen LogP contribution in [0.1, 0.15) is 16.8 Å². The van der Waals surface area contributed by atoms with Gasteiger partial charge in [0.1, 0.15) is 0 Å². The van der Waals surface area contributed by atoms with Crippen molar-refractivity contribution in [2.24, 2.45) is 5.73 Å². The van der Waals surface area contributed by atoms with Crippen molar-refractivity contribution >= 4 is 16.7 Å². The van der Waals surface area contributed by atoms with Crippen molar-refractivity contribution in [1.29, 1.82) is 0 Å². The van der Waals surface area contributed by atoms with Gasteiger partial charge in [0.15, 0.2) is 5.78 Å². The SMILES string of the molecule is NCCC(=O)c1cnc2ccncc2c1. The average molecular weight is 201 g/mol. The van der Waals surface area contributed by atoms with Gasteiger partial charge in [0.05, 0.1) is 5.52 Å². The van der Waals surface area contributed by atoms with Gasteiger partial charge in [0.2, 0.25) is 0 Å². The summed E-state index contributed by atoms with van der Waals surface area (Å²) in [4.78, 5) is 19.7. The molecule has 0 fully saturated rings. The standard InChI is InChI=1S/C11H11N3O/c12-3-1-11(15)9-5-8-6-13-4-2-10(8)14-7-9/h2,4-7H,1,3,12H2. The number of hydrogen-bond acceptors (Lipinski definition) is 4. The van der Waals surface area contributed by atoms with Crippen molar-refractivity contribution in [3.05, 3.63) is 36.3 Å². The Morgan fingerprint density at radius 2 is 2.27 bits per heavy atom. The van der Waals surface area contributed by atoms with E-state index in [1.165, 1.54) is 0 Å². The molecule has 2 N–H and O–H groups in total. The summed E-state index contributed by atoms with van der Waals surface area (Å²) in [6.45, 7) is 0.365. The van der Waals surface area contributed by atoms with Crippen molar-refractivity contribution in [3.63, 3.8) is 0 Å². The fraction of sp³-hybridized carbons (Fsp3) is 0.182. The first-order valence-electron chi connectivity index (χ1n) is 4.74. The van der Waals surface area contributed by atoms with Crippen LogP contribution in [0.2, 0.25) is 0 Å². The van der Waals surface area contributed by atoms with Crippen LogP contribution in [0, 0.1) is 0 Å². The predicted molar refractivity (Wildman–Crippen MR) is 57.5 cm³/mol. The monoisotopic (exact) mass is 201 g/mol. The zero-order valence-electron chi connectivity index (χ0n) is 8.18. The van der Waals surface area contributed by atoms with Crippen LogP contribution in [0.4, 0.5) is 0 Å². The number of fused-ring (bicyclic) bond motifs is 1. The largest absolute Gasteiger partial charge is 0.330 e. The molecule has 0 saturated heterocycles. The highest BCUT2D eigenvalue weighted by Crippen LogP contribution is 2.12. The van der Waals surface area contributed by atoms with Gasteiger partial charge >= 0.3 is 0 Å². The van der Waals surface area contributed by atoms with Gasteiger partial charge in [-0.1, -0.05) is 0 Å². The maximum Gasteiger partial charge on any atom is 0.165 e. The maximum absolute atomic E-state index is 11.5. The molecule has 0 amide bonds. The summed E-state index contributed by atoms with van der Waals surface area (Å²) in [5.41, 5.74) is 6.77. The molecule has 2 heterocycles. The highest BCUT2D eigenvalue weighted by Gasteiger charge is 2.05. The predicted octanol–water partition coefficient (Wildman–Crippen LogP) is 1.16. The first kappa shape index (κ1) is 9.73. The van der Waals surface area contributed by atoms with E-state index < -0.39 is 0 Å². The third-order valence-electron chi connectivity index (χ3n) is 2.17. The molecule has 0 radical (unpaired) electrons. The second kappa shape index (κ2) is 4.14. The molecule has 0 aliphatic rings. The Hall–Kier alpha value is -1.81. The first-order valence-corrected chi connectivity index (χ1v) is 4.74. The quantitative estimate of drug-likeness (QED) is 0.756. The lowest BCUT2D eigenvalue weighted by atomic mass is 10.1. The molecule has 0 spiro atoms. The molecule has 0 saturated carbocycles. The lowest BCUT2D eigenvalue weighted by Crippen LogP contribution is -2.08. The summed E-state index contributed by atoms with van der Waals surface area (Å²) < 4.78 is 0. The second-order valence-corrected chi connectivity index (χ2v) is 3.25. The Bertz CT molecular complexity index is 496. The number of hydrogen-bond donors (Lipinski definition) is 1. The number of nitrogens with zero attached hydrogens (tertiary/aromatic N) is 2. The van der Waals surface area contributed by atoms with Crippen molar-refractivity contribution < 1.29 is 4.79 Å². The van der Waals surface area contributed by atoms with Gasteiger partial charge in [-0.2, -0.15) is 0 Å². The third-order valence-corrected chi connectivity index (χ3v) is 2.17. The number of pyridine rings is 2. The smallest absolute Gasteiger partial charge is 0.165 e. The Kier molecular flexibility index (Phi) is 2.69. The summed E-state index contributed by atoms with van der Waals surface area (Å²) in [6.07, 6.45) is 5.31. The minimum absolute atomic E-state index is 0.0238. The highest BCUT2D eigenvalue weighted by atomic mass is 16.1. The number of carbonyl (C=O) groups excluding carboxylic acids is 1. The van der Waals surface area contributed by atoms with Crippen LogP contribution in [-0.4, -0.2) is 22.3 Å². The van der Waals surface area contributed by atoms with E-state index in [9.17, 15) is 4.79 Å². The summed E-state index contributed by atoms with van der Waals surface area (Å²) in [6, 6.07) is 3.61. The van der Waals surface area contributed by atoms with E-state index in [0.29, 0.717) is 18.5 Å². The van der Waals surface area contributed by atoms with Gasteiger partial charge in [0.25, 0.3) is 0 Å². The van der Waals surface area contributed by atoms with E-state index in [1.54, 1.807) is 24.7 Å². The van der Waals surface area contributed by atoms with Crippen LogP contribution in [0.25, 0.3) is 10.9 Å². The molecule has 2 aromatic rings. The van der Waals surface area contributed by atoms with Crippen molar-refractivity contribution in [1.82, 2.24) is 9.97 Å². The van der Waals surface area contributed by atoms with E-state index in [1.807, 2.05) is 6.07 Å². The first-order chi connectivity index (χ1) is 7.31. The van der Waals surface area contributed by atoms with Crippen LogP contribution >= 0.6 is 0 Å². The number of ketones is 1. The zero-order valence-corrected chi connectivity index (χ0v) is 8.18. The van der Waals surface area contributed by atoms with Gasteiger partial charge < -0.3 is 5.73 Å². The molecule has 4 heteroatoms. The summed E-state index contributed by atoms with van der Waals surface area (Å²) in [5.74, 6) is 0.0238. The molecule has 4 nitrogen and oxygen atoms in total. The molecule has 0 aliphatic carbocycles. The van der Waals surface area contributed by atoms with Gasteiger partial charge in [0, 0.05) is 36.0 Å². The molecule has 0 bridgehead atoms. The van der Waals surface area contributed by atoms with Gasteiger partial charge in [-0.25, -0.2) is 0 Å². The average Bonchev–Trinajstić information content (AvgIpc) is 2.29. The molecule has 0 atom stereocenters. The van der Waals surface area contributed by atoms with Crippen LogP contribution < -0.4 is 5.73 Å². The van der Waals surface area contributed by atoms with Crippen molar-refractivity contribution in [2.75, 3.05) is 6.54 Å². The molecule has 15 heavy (non-hydrogen) atoms. The number of Topliss-reactive ketones (excluding diaryl/α,β-unsaturated/α-hetero) is 1. The topological polar surface area (TPSA) is 68.9 Å². The molecule has 2 rings (SSSR count). The van der Waals surface area contributed by atoms with E-state index in [2.05, 4.69) is 9.97 Å². The molecule has 0 unspecified atom stereocenters. The van der Waals surface area contributed by atoms with E-state index >= 15 is 0 Å². The van der Waals surface area contributed by atoms with Crippen molar-refractivity contribution in [2.45, 2.75) is 6.42 Å². The Morgan fingerprint density at radius 3 is 3.07 bits per heavy atom. The number of nitrogens with two attached hydrogens (primary N) is 1. The van der Waals surface area contributed by atoms with Gasteiger partial charge in [-0.3, -0.25) is 14.8 Å².